The Morgan fingerprint density at radius 2 is 2.11 bits per heavy atom. The van der Waals surface area contributed by atoms with E-state index in [1.165, 1.54) is 0 Å². The molecule has 9 heteroatoms. The first-order chi connectivity index (χ1) is 8.79. The van der Waals surface area contributed by atoms with Crippen LogP contribution in [0, 0.1) is 13.8 Å². The maximum absolute atomic E-state index is 12.1. The van der Waals surface area contributed by atoms with Crippen molar-refractivity contribution in [1.29, 1.82) is 0 Å². The van der Waals surface area contributed by atoms with Crippen molar-refractivity contribution in [2.24, 2.45) is 0 Å². The maximum atomic E-state index is 12.1. The summed E-state index contributed by atoms with van der Waals surface area (Å²) >= 11 is 0.823. The van der Waals surface area contributed by atoms with Gasteiger partial charge in [0.05, 0.1) is 0 Å². The van der Waals surface area contributed by atoms with E-state index in [-0.39, 0.29) is 9.47 Å². The van der Waals surface area contributed by atoms with Crippen LogP contribution in [-0.2, 0) is 10.0 Å². The smallest absolute Gasteiger partial charge is 0.270 e. The minimum Gasteiger partial charge on any atom is -0.466 e. The van der Waals surface area contributed by atoms with Gasteiger partial charge in [-0.15, -0.1) is 10.2 Å². The minimum atomic E-state index is -3.72. The van der Waals surface area contributed by atoms with Gasteiger partial charge in [0.1, 0.15) is 11.5 Å². The van der Waals surface area contributed by atoms with Crippen LogP contribution in [0.4, 0.5) is 5.13 Å². The van der Waals surface area contributed by atoms with Crippen LogP contribution in [0.15, 0.2) is 14.8 Å². The summed E-state index contributed by atoms with van der Waals surface area (Å²) in [6.07, 6.45) is 0. The first kappa shape index (κ1) is 14.0. The number of nitrogens with one attached hydrogen (secondary N) is 1. The standard InChI is InChI=1S/C10H14N4O3S2/c1-5-4-8(7(3)17-5)6(2)14-19(15,16)10-13-12-9(11)18-10/h4,6,14H,1-3H3,(H2,11,12). The van der Waals surface area contributed by atoms with E-state index in [9.17, 15) is 8.42 Å². The van der Waals surface area contributed by atoms with Crippen molar-refractivity contribution in [3.05, 3.63) is 23.2 Å². The highest BCUT2D eigenvalue weighted by atomic mass is 32.2. The van der Waals surface area contributed by atoms with Gasteiger partial charge < -0.3 is 10.2 Å². The molecule has 104 valence electrons. The minimum absolute atomic E-state index is 0.114. The van der Waals surface area contributed by atoms with Crippen LogP contribution >= 0.6 is 11.3 Å². The second-order valence-electron chi connectivity index (χ2n) is 4.12. The summed E-state index contributed by atoms with van der Waals surface area (Å²) in [5, 5.41) is 7.14. The molecule has 2 aromatic heterocycles. The monoisotopic (exact) mass is 302 g/mol. The third-order valence-electron chi connectivity index (χ3n) is 2.53. The third-order valence-corrected chi connectivity index (χ3v) is 5.19. The van der Waals surface area contributed by atoms with Crippen LogP contribution in [0.25, 0.3) is 0 Å². The molecule has 0 saturated carbocycles. The van der Waals surface area contributed by atoms with E-state index in [0.29, 0.717) is 5.76 Å². The predicted molar refractivity (Wildman–Crippen MR) is 71.2 cm³/mol. The van der Waals surface area contributed by atoms with Crippen molar-refractivity contribution < 1.29 is 12.8 Å². The van der Waals surface area contributed by atoms with E-state index in [2.05, 4.69) is 14.9 Å². The Hall–Kier alpha value is -1.45. The van der Waals surface area contributed by atoms with Crippen LogP contribution in [0.2, 0.25) is 0 Å². The Labute approximate surface area is 114 Å². The molecule has 0 aliphatic rings. The molecule has 0 spiro atoms. The molecular weight excluding hydrogens is 288 g/mol. The highest BCUT2D eigenvalue weighted by molar-refractivity contribution is 7.91. The number of aryl methyl sites for hydroxylation is 2. The SMILES string of the molecule is Cc1cc(C(C)NS(=O)(=O)c2nnc(N)s2)c(C)o1. The lowest BCUT2D eigenvalue weighted by Gasteiger charge is -2.11. The fourth-order valence-corrected chi connectivity index (χ4v) is 3.78. The van der Waals surface area contributed by atoms with Crippen molar-refractivity contribution >= 4 is 26.5 Å². The molecule has 0 saturated heterocycles. The van der Waals surface area contributed by atoms with Gasteiger partial charge in [-0.25, -0.2) is 13.1 Å². The molecule has 0 fully saturated rings. The number of nitrogens with zero attached hydrogens (tertiary/aromatic N) is 2. The second kappa shape index (κ2) is 4.91. The highest BCUT2D eigenvalue weighted by Gasteiger charge is 2.24. The highest BCUT2D eigenvalue weighted by Crippen LogP contribution is 2.24. The van der Waals surface area contributed by atoms with Crippen LogP contribution in [-0.4, -0.2) is 18.6 Å². The third kappa shape index (κ3) is 2.94. The number of anilines is 1. The molecule has 3 N–H and O–H groups in total. The maximum Gasteiger partial charge on any atom is 0.270 e. The number of sulfonamides is 1. The lowest BCUT2D eigenvalue weighted by atomic mass is 10.1. The molecule has 0 aliphatic carbocycles. The van der Waals surface area contributed by atoms with Crippen LogP contribution in [0.3, 0.4) is 0 Å². The second-order valence-corrected chi connectivity index (χ2v) is 7.01. The van der Waals surface area contributed by atoms with Crippen molar-refractivity contribution in [3.63, 3.8) is 0 Å². The Kier molecular flexibility index (Phi) is 3.61. The van der Waals surface area contributed by atoms with Gasteiger partial charge in [0, 0.05) is 11.6 Å². The van der Waals surface area contributed by atoms with E-state index in [1.54, 1.807) is 19.9 Å². The zero-order chi connectivity index (χ0) is 14.2. The normalized spacial score (nSPS) is 13.6. The van der Waals surface area contributed by atoms with Crippen molar-refractivity contribution in [2.75, 3.05) is 5.73 Å². The topological polar surface area (TPSA) is 111 Å². The van der Waals surface area contributed by atoms with Gasteiger partial charge in [-0.3, -0.25) is 0 Å². The van der Waals surface area contributed by atoms with Crippen molar-refractivity contribution in [1.82, 2.24) is 14.9 Å². The first-order valence-electron chi connectivity index (χ1n) is 5.48. The van der Waals surface area contributed by atoms with Gasteiger partial charge >= 0.3 is 0 Å². The van der Waals surface area contributed by atoms with E-state index < -0.39 is 16.1 Å². The Balaban J connectivity index is 2.23. The lowest BCUT2D eigenvalue weighted by molar-refractivity contribution is 0.496. The molecule has 0 radical (unpaired) electrons. The number of furan rings is 1. The molecule has 1 unspecified atom stereocenters. The van der Waals surface area contributed by atoms with Gasteiger partial charge in [-0.05, 0) is 26.8 Å². The summed E-state index contributed by atoms with van der Waals surface area (Å²) in [6.45, 7) is 5.33. The zero-order valence-corrected chi connectivity index (χ0v) is 12.3. The summed E-state index contributed by atoms with van der Waals surface area (Å²) in [5.74, 6) is 1.42. The molecule has 2 aromatic rings. The van der Waals surface area contributed by atoms with Crippen molar-refractivity contribution in [2.45, 2.75) is 31.2 Å². The lowest BCUT2D eigenvalue weighted by Crippen LogP contribution is -2.27. The summed E-state index contributed by atoms with van der Waals surface area (Å²) in [4.78, 5) is 0. The molecular formula is C10H14N4O3S2. The molecule has 0 aliphatic heterocycles. The number of aromatic nitrogens is 2. The summed E-state index contributed by atoms with van der Waals surface area (Å²) < 4.78 is 31.9. The van der Waals surface area contributed by atoms with E-state index in [0.717, 1.165) is 22.7 Å². The van der Waals surface area contributed by atoms with Gasteiger partial charge in [0.2, 0.25) is 9.47 Å². The van der Waals surface area contributed by atoms with Crippen LogP contribution in [0.1, 0.15) is 30.0 Å². The van der Waals surface area contributed by atoms with E-state index in [1.807, 2.05) is 6.92 Å². The van der Waals surface area contributed by atoms with Gasteiger partial charge in [0.15, 0.2) is 0 Å². The van der Waals surface area contributed by atoms with Crippen molar-refractivity contribution in [3.8, 4) is 0 Å². The average molecular weight is 302 g/mol. The molecule has 1 atom stereocenters. The van der Waals surface area contributed by atoms with Crippen LogP contribution < -0.4 is 10.5 Å². The van der Waals surface area contributed by atoms with Gasteiger partial charge in [-0.1, -0.05) is 11.3 Å². The molecule has 2 rings (SSSR count). The summed E-state index contributed by atoms with van der Waals surface area (Å²) in [5.41, 5.74) is 6.17. The Morgan fingerprint density at radius 3 is 2.58 bits per heavy atom. The summed E-state index contributed by atoms with van der Waals surface area (Å²) in [6, 6.07) is 1.38. The molecule has 19 heavy (non-hydrogen) atoms. The quantitative estimate of drug-likeness (QED) is 0.882. The number of hydrogen-bond acceptors (Lipinski definition) is 7. The first-order valence-corrected chi connectivity index (χ1v) is 7.78. The number of rotatable bonds is 4. The number of hydrogen-bond donors (Lipinski definition) is 2. The fraction of sp³-hybridized carbons (Fsp3) is 0.400. The van der Waals surface area contributed by atoms with Gasteiger partial charge in [0.25, 0.3) is 10.0 Å². The molecule has 0 amide bonds. The predicted octanol–water partition coefficient (Wildman–Crippen LogP) is 1.37. The average Bonchev–Trinajstić information content (AvgIpc) is 2.84. The number of nitrogen functional groups attached to an aromatic ring is 1. The Morgan fingerprint density at radius 1 is 1.42 bits per heavy atom. The molecule has 0 aromatic carbocycles. The van der Waals surface area contributed by atoms with Gasteiger partial charge in [-0.2, -0.15) is 0 Å². The fourth-order valence-electron chi connectivity index (χ4n) is 1.76. The molecule has 2 heterocycles. The molecule has 7 nitrogen and oxygen atoms in total. The summed E-state index contributed by atoms with van der Waals surface area (Å²) in [7, 11) is -3.72. The largest absolute Gasteiger partial charge is 0.466 e. The number of nitrogens with two attached hydrogens (primary N) is 1. The molecule has 0 bridgehead atoms. The van der Waals surface area contributed by atoms with Crippen LogP contribution in [0.5, 0.6) is 0 Å². The van der Waals surface area contributed by atoms with E-state index in [4.69, 9.17) is 10.2 Å². The zero-order valence-electron chi connectivity index (χ0n) is 10.7. The Bertz CT molecular complexity index is 689. The van der Waals surface area contributed by atoms with E-state index >= 15 is 0 Å².